The second-order valence-electron chi connectivity index (χ2n) is 4.31. The molecule has 0 amide bonds. The molecule has 0 aliphatic rings. The zero-order chi connectivity index (χ0) is 13.1. The molecular formula is C14H15BrFNO. The molecule has 2 aromatic rings. The van der Waals surface area contributed by atoms with E-state index in [0.717, 1.165) is 21.4 Å². The van der Waals surface area contributed by atoms with Gasteiger partial charge in [-0.3, -0.25) is 0 Å². The van der Waals surface area contributed by atoms with Gasteiger partial charge in [0, 0.05) is 16.1 Å². The number of furan rings is 1. The van der Waals surface area contributed by atoms with Gasteiger partial charge in [-0.25, -0.2) is 4.39 Å². The average molecular weight is 312 g/mol. The molecule has 2 rings (SSSR count). The fourth-order valence-electron chi connectivity index (χ4n) is 2.00. The van der Waals surface area contributed by atoms with Gasteiger partial charge in [0.2, 0.25) is 0 Å². The lowest BCUT2D eigenvalue weighted by Crippen LogP contribution is -2.18. The summed E-state index contributed by atoms with van der Waals surface area (Å²) >= 11 is 3.31. The highest BCUT2D eigenvalue weighted by atomic mass is 79.9. The minimum atomic E-state index is -0.224. The van der Waals surface area contributed by atoms with Crippen molar-refractivity contribution in [2.45, 2.75) is 19.4 Å². The second-order valence-corrected chi connectivity index (χ2v) is 5.23. The Morgan fingerprint density at radius 1 is 1.33 bits per heavy atom. The first-order valence-electron chi connectivity index (χ1n) is 5.76. The third-order valence-electron chi connectivity index (χ3n) is 2.86. The van der Waals surface area contributed by atoms with Crippen molar-refractivity contribution >= 4 is 15.9 Å². The maximum absolute atomic E-state index is 13.3. The molecule has 18 heavy (non-hydrogen) atoms. The highest BCUT2D eigenvalue weighted by Gasteiger charge is 2.13. The van der Waals surface area contributed by atoms with Crippen LogP contribution in [0.15, 0.2) is 39.4 Å². The Morgan fingerprint density at radius 3 is 2.67 bits per heavy atom. The molecule has 0 saturated heterocycles. The predicted octanol–water partition coefficient (Wildman–Crippen LogP) is 3.99. The molecule has 1 atom stereocenters. The highest BCUT2D eigenvalue weighted by Crippen LogP contribution is 2.23. The number of nitrogens with one attached hydrogen (secondary N) is 1. The van der Waals surface area contributed by atoms with Gasteiger partial charge >= 0.3 is 0 Å². The molecule has 0 aliphatic carbocycles. The summed E-state index contributed by atoms with van der Waals surface area (Å²) in [6.45, 7) is 1.91. The molecule has 0 saturated carbocycles. The van der Waals surface area contributed by atoms with E-state index in [2.05, 4.69) is 21.2 Å². The van der Waals surface area contributed by atoms with E-state index in [1.54, 1.807) is 12.3 Å². The van der Waals surface area contributed by atoms with E-state index in [9.17, 15) is 4.39 Å². The Kier molecular flexibility index (Phi) is 4.19. The zero-order valence-corrected chi connectivity index (χ0v) is 11.9. The molecular weight excluding hydrogens is 297 g/mol. The van der Waals surface area contributed by atoms with Crippen molar-refractivity contribution in [2.24, 2.45) is 0 Å². The van der Waals surface area contributed by atoms with Crippen molar-refractivity contribution in [3.63, 3.8) is 0 Å². The van der Waals surface area contributed by atoms with Crippen LogP contribution in [-0.4, -0.2) is 7.05 Å². The van der Waals surface area contributed by atoms with Crippen LogP contribution in [0.5, 0.6) is 0 Å². The van der Waals surface area contributed by atoms with E-state index in [1.165, 1.54) is 6.07 Å². The van der Waals surface area contributed by atoms with E-state index >= 15 is 0 Å². The summed E-state index contributed by atoms with van der Waals surface area (Å²) in [5.41, 5.74) is 2.02. The van der Waals surface area contributed by atoms with Gasteiger partial charge in [0.15, 0.2) is 0 Å². The molecule has 0 spiro atoms. The molecule has 1 heterocycles. The van der Waals surface area contributed by atoms with Crippen LogP contribution in [-0.2, 0) is 6.42 Å². The van der Waals surface area contributed by atoms with Crippen molar-refractivity contribution in [3.05, 3.63) is 57.7 Å². The third-order valence-corrected chi connectivity index (χ3v) is 3.32. The molecule has 2 nitrogen and oxygen atoms in total. The molecule has 4 heteroatoms. The Morgan fingerprint density at radius 2 is 2.11 bits per heavy atom. The molecule has 96 valence electrons. The number of hydrogen-bond acceptors (Lipinski definition) is 2. The van der Waals surface area contributed by atoms with Crippen LogP contribution in [0.1, 0.15) is 22.9 Å². The van der Waals surface area contributed by atoms with Gasteiger partial charge in [-0.15, -0.1) is 0 Å². The van der Waals surface area contributed by atoms with E-state index in [0.29, 0.717) is 6.42 Å². The SMILES string of the molecule is CNC(Cc1cc(F)cc(Br)c1)c1coc(C)c1. The maximum Gasteiger partial charge on any atom is 0.124 e. The number of aryl methyl sites for hydroxylation is 1. The van der Waals surface area contributed by atoms with E-state index in [-0.39, 0.29) is 11.9 Å². The first kappa shape index (κ1) is 13.3. The number of likely N-dealkylation sites (N-methyl/N-ethyl adjacent to an activating group) is 1. The first-order valence-corrected chi connectivity index (χ1v) is 6.55. The number of benzene rings is 1. The topological polar surface area (TPSA) is 25.2 Å². The van der Waals surface area contributed by atoms with Crippen molar-refractivity contribution in [3.8, 4) is 0 Å². The predicted molar refractivity (Wildman–Crippen MR) is 73.0 cm³/mol. The van der Waals surface area contributed by atoms with E-state index < -0.39 is 0 Å². The Balaban J connectivity index is 2.20. The summed E-state index contributed by atoms with van der Waals surface area (Å²) in [6.07, 6.45) is 2.46. The minimum Gasteiger partial charge on any atom is -0.469 e. The lowest BCUT2D eigenvalue weighted by Gasteiger charge is -2.14. The molecule has 0 bridgehead atoms. The Hall–Kier alpha value is -1.13. The van der Waals surface area contributed by atoms with Crippen LogP contribution in [0.3, 0.4) is 0 Å². The monoisotopic (exact) mass is 311 g/mol. The molecule has 1 aromatic heterocycles. The zero-order valence-electron chi connectivity index (χ0n) is 10.3. The molecule has 1 aromatic carbocycles. The Bertz CT molecular complexity index is 518. The van der Waals surface area contributed by atoms with Gasteiger partial charge in [0.05, 0.1) is 6.26 Å². The van der Waals surface area contributed by atoms with Gasteiger partial charge in [0.25, 0.3) is 0 Å². The number of rotatable bonds is 4. The van der Waals surface area contributed by atoms with Crippen molar-refractivity contribution in [1.29, 1.82) is 0 Å². The van der Waals surface area contributed by atoms with Crippen LogP contribution >= 0.6 is 15.9 Å². The third kappa shape index (κ3) is 3.21. The van der Waals surface area contributed by atoms with Crippen molar-refractivity contribution in [2.75, 3.05) is 7.05 Å². The molecule has 1 unspecified atom stereocenters. The average Bonchev–Trinajstić information content (AvgIpc) is 2.71. The first-order chi connectivity index (χ1) is 8.58. The van der Waals surface area contributed by atoms with Crippen molar-refractivity contribution in [1.82, 2.24) is 5.32 Å². The fraction of sp³-hybridized carbons (Fsp3) is 0.286. The van der Waals surface area contributed by atoms with Gasteiger partial charge in [-0.1, -0.05) is 15.9 Å². The van der Waals surface area contributed by atoms with E-state index in [1.807, 2.05) is 26.1 Å². The van der Waals surface area contributed by atoms with Crippen LogP contribution < -0.4 is 5.32 Å². The molecule has 0 fully saturated rings. The van der Waals surface area contributed by atoms with Gasteiger partial charge in [-0.05, 0) is 50.2 Å². The molecule has 0 aliphatic heterocycles. The molecule has 1 N–H and O–H groups in total. The summed E-state index contributed by atoms with van der Waals surface area (Å²) in [6, 6.07) is 7.06. The van der Waals surface area contributed by atoms with Crippen molar-refractivity contribution < 1.29 is 8.81 Å². The summed E-state index contributed by atoms with van der Waals surface area (Å²) in [4.78, 5) is 0. The summed E-state index contributed by atoms with van der Waals surface area (Å²) < 4.78 is 19.4. The lowest BCUT2D eigenvalue weighted by atomic mass is 10.0. The second kappa shape index (κ2) is 5.67. The van der Waals surface area contributed by atoms with Gasteiger partial charge in [-0.2, -0.15) is 0 Å². The fourth-order valence-corrected chi connectivity index (χ4v) is 2.51. The van der Waals surface area contributed by atoms with Crippen LogP contribution in [0.4, 0.5) is 4.39 Å². The molecule has 0 radical (unpaired) electrons. The van der Waals surface area contributed by atoms with Gasteiger partial charge in [0.1, 0.15) is 11.6 Å². The van der Waals surface area contributed by atoms with Crippen LogP contribution in [0.25, 0.3) is 0 Å². The smallest absolute Gasteiger partial charge is 0.124 e. The summed E-state index contributed by atoms with van der Waals surface area (Å²) in [7, 11) is 1.89. The summed E-state index contributed by atoms with van der Waals surface area (Å²) in [5.74, 6) is 0.656. The number of halogens is 2. The lowest BCUT2D eigenvalue weighted by molar-refractivity contribution is 0.520. The largest absolute Gasteiger partial charge is 0.469 e. The maximum atomic E-state index is 13.3. The number of hydrogen-bond donors (Lipinski definition) is 1. The highest BCUT2D eigenvalue weighted by molar-refractivity contribution is 9.10. The van der Waals surface area contributed by atoms with Crippen LogP contribution in [0.2, 0.25) is 0 Å². The van der Waals surface area contributed by atoms with E-state index in [4.69, 9.17) is 4.42 Å². The standard InChI is InChI=1S/C14H15BrFNO/c1-9-3-11(8-18-9)14(17-2)6-10-4-12(15)7-13(16)5-10/h3-5,7-8,14,17H,6H2,1-2H3. The quantitative estimate of drug-likeness (QED) is 0.923. The van der Waals surface area contributed by atoms with Gasteiger partial charge < -0.3 is 9.73 Å². The Labute approximate surface area is 114 Å². The van der Waals surface area contributed by atoms with Crippen LogP contribution in [0, 0.1) is 12.7 Å². The summed E-state index contributed by atoms with van der Waals surface area (Å²) in [5, 5.41) is 3.22. The normalized spacial score (nSPS) is 12.7. The minimum absolute atomic E-state index is 0.121.